The van der Waals surface area contributed by atoms with E-state index in [1.54, 1.807) is 25.3 Å². The first-order chi connectivity index (χ1) is 14.2. The number of rotatable bonds is 2. The molecular formula is C22H19FN4O3. The van der Waals surface area contributed by atoms with Gasteiger partial charge in [0.05, 0.1) is 11.3 Å². The number of halogens is 1. The molecule has 152 valence electrons. The summed E-state index contributed by atoms with van der Waals surface area (Å²) in [5.41, 5.74) is 6.29. The van der Waals surface area contributed by atoms with Crippen LogP contribution in [0.25, 0.3) is 11.4 Å². The Kier molecular flexibility index (Phi) is 3.89. The van der Waals surface area contributed by atoms with Crippen LogP contribution in [0.1, 0.15) is 64.8 Å². The van der Waals surface area contributed by atoms with Crippen molar-refractivity contribution in [1.29, 1.82) is 0 Å². The molecule has 1 fully saturated rings. The number of aromatic nitrogens is 3. The van der Waals surface area contributed by atoms with Crippen LogP contribution in [-0.2, 0) is 5.60 Å². The number of aryl methyl sites for hydroxylation is 1. The van der Waals surface area contributed by atoms with Gasteiger partial charge in [-0.05, 0) is 50.3 Å². The second-order valence-corrected chi connectivity index (χ2v) is 8.12. The number of primary amides is 1. The quantitative estimate of drug-likeness (QED) is 0.637. The molecule has 2 bridgehead atoms. The number of carbonyl (C=O) groups excluding carboxylic acids is 1. The van der Waals surface area contributed by atoms with Crippen molar-refractivity contribution in [1.82, 2.24) is 14.7 Å². The Balaban J connectivity index is 1.61. The first-order valence-electron chi connectivity index (χ1n) is 9.65. The van der Waals surface area contributed by atoms with E-state index < -0.39 is 17.3 Å². The number of hydrogen-bond acceptors (Lipinski definition) is 5. The van der Waals surface area contributed by atoms with Crippen molar-refractivity contribution in [3.63, 3.8) is 0 Å². The van der Waals surface area contributed by atoms with Crippen LogP contribution in [-0.4, -0.2) is 25.7 Å². The van der Waals surface area contributed by atoms with Crippen molar-refractivity contribution < 1.29 is 18.8 Å². The molecule has 3 aromatic rings. The molecule has 1 aromatic carbocycles. The fraction of sp³-hybridized carbons (Fsp3) is 0.318. The van der Waals surface area contributed by atoms with Gasteiger partial charge in [-0.3, -0.25) is 4.79 Å². The van der Waals surface area contributed by atoms with E-state index in [9.17, 15) is 14.3 Å². The summed E-state index contributed by atoms with van der Waals surface area (Å²) in [4.78, 5) is 16.0. The number of hydrogen-bond donors (Lipinski definition) is 2. The summed E-state index contributed by atoms with van der Waals surface area (Å²) >= 11 is 0. The van der Waals surface area contributed by atoms with Gasteiger partial charge in [0.15, 0.2) is 11.4 Å². The number of nitrogens with two attached hydrogens (primary N) is 1. The van der Waals surface area contributed by atoms with Crippen molar-refractivity contribution >= 4 is 5.91 Å². The zero-order valence-electron chi connectivity index (χ0n) is 16.4. The number of aliphatic hydroxyl groups is 1. The van der Waals surface area contributed by atoms with E-state index in [0.717, 1.165) is 24.0 Å². The predicted octanol–water partition coefficient (Wildman–Crippen LogP) is 2.78. The molecule has 2 aliphatic heterocycles. The van der Waals surface area contributed by atoms with Crippen LogP contribution >= 0.6 is 0 Å². The second-order valence-electron chi connectivity index (χ2n) is 8.12. The molecule has 3 aliphatic rings. The highest BCUT2D eigenvalue weighted by atomic mass is 19.1. The van der Waals surface area contributed by atoms with Crippen LogP contribution < -0.4 is 5.73 Å². The Hall–Kier alpha value is -3.44. The number of carbonyl (C=O) groups is 1. The minimum Gasteiger partial charge on any atom is -0.371 e. The maximum Gasteiger partial charge on any atom is 0.268 e. The van der Waals surface area contributed by atoms with E-state index >= 15 is 0 Å². The van der Waals surface area contributed by atoms with Gasteiger partial charge < -0.3 is 19.9 Å². The number of benzene rings is 1. The molecule has 2 aromatic heterocycles. The lowest BCUT2D eigenvalue weighted by Gasteiger charge is -2.34. The highest BCUT2D eigenvalue weighted by Gasteiger charge is 2.39. The third kappa shape index (κ3) is 2.82. The third-order valence-electron chi connectivity index (χ3n) is 5.86. The summed E-state index contributed by atoms with van der Waals surface area (Å²) in [5.74, 6) is 5.33. The van der Waals surface area contributed by atoms with E-state index in [2.05, 4.69) is 22.0 Å². The molecule has 1 saturated carbocycles. The van der Waals surface area contributed by atoms with Gasteiger partial charge in [0.2, 0.25) is 0 Å². The number of amides is 1. The second kappa shape index (κ2) is 6.28. The van der Waals surface area contributed by atoms with Crippen molar-refractivity contribution in [3.05, 3.63) is 58.5 Å². The highest BCUT2D eigenvalue weighted by molar-refractivity contribution is 5.91. The summed E-state index contributed by atoms with van der Waals surface area (Å²) in [5, 5.41) is 14.4. The van der Waals surface area contributed by atoms with Crippen LogP contribution in [0.3, 0.4) is 0 Å². The Labute approximate surface area is 171 Å². The van der Waals surface area contributed by atoms with Gasteiger partial charge in [-0.1, -0.05) is 17.0 Å². The largest absolute Gasteiger partial charge is 0.371 e. The molecule has 6 rings (SSSR count). The average molecular weight is 406 g/mol. The summed E-state index contributed by atoms with van der Waals surface area (Å²) in [6.45, 7) is 3.19. The molecule has 0 saturated heterocycles. The molecule has 0 radical (unpaired) electrons. The van der Waals surface area contributed by atoms with Crippen molar-refractivity contribution in [2.24, 2.45) is 5.73 Å². The number of nitrogens with zero attached hydrogens (tertiary/aromatic N) is 3. The summed E-state index contributed by atoms with van der Waals surface area (Å²) in [6, 6.07) is 4.91. The molecule has 8 heteroatoms. The smallest absolute Gasteiger partial charge is 0.268 e. The minimum absolute atomic E-state index is 0.125. The summed E-state index contributed by atoms with van der Waals surface area (Å²) in [6.07, 6.45) is 3.39. The monoisotopic (exact) mass is 406 g/mol. The Bertz CT molecular complexity index is 1260. The van der Waals surface area contributed by atoms with Crippen molar-refractivity contribution in [2.45, 2.75) is 44.2 Å². The van der Waals surface area contributed by atoms with Gasteiger partial charge in [0.25, 0.3) is 5.91 Å². The van der Waals surface area contributed by atoms with Gasteiger partial charge in [-0.25, -0.2) is 9.37 Å². The van der Waals surface area contributed by atoms with E-state index in [1.807, 2.05) is 4.57 Å². The van der Waals surface area contributed by atoms with Crippen molar-refractivity contribution in [3.8, 4) is 23.2 Å². The van der Waals surface area contributed by atoms with E-state index in [0.29, 0.717) is 11.5 Å². The maximum atomic E-state index is 14.9. The normalized spacial score (nSPS) is 20.7. The average Bonchev–Trinajstić information content (AvgIpc) is 3.23. The van der Waals surface area contributed by atoms with Crippen LogP contribution in [0.4, 0.5) is 4.39 Å². The Morgan fingerprint density at radius 3 is 2.83 bits per heavy atom. The summed E-state index contributed by atoms with van der Waals surface area (Å²) in [7, 11) is 0. The van der Waals surface area contributed by atoms with Gasteiger partial charge in [-0.15, -0.1) is 0 Å². The molecule has 1 amide bonds. The lowest BCUT2D eigenvalue weighted by atomic mass is 9.75. The molecule has 1 aliphatic carbocycles. The zero-order valence-corrected chi connectivity index (χ0v) is 16.4. The van der Waals surface area contributed by atoms with E-state index in [-0.39, 0.29) is 29.0 Å². The fourth-order valence-corrected chi connectivity index (χ4v) is 4.12. The van der Waals surface area contributed by atoms with Crippen LogP contribution in [0.2, 0.25) is 0 Å². The third-order valence-corrected chi connectivity index (χ3v) is 5.86. The van der Waals surface area contributed by atoms with Gasteiger partial charge >= 0.3 is 0 Å². The van der Waals surface area contributed by atoms with Gasteiger partial charge in [-0.2, -0.15) is 0 Å². The molecule has 7 nitrogen and oxygen atoms in total. The summed E-state index contributed by atoms with van der Waals surface area (Å²) < 4.78 is 21.9. The zero-order chi connectivity index (χ0) is 21.2. The van der Waals surface area contributed by atoms with Crippen LogP contribution in [0.5, 0.6) is 0 Å². The lowest BCUT2D eigenvalue weighted by Crippen LogP contribution is -2.22. The number of imidazole rings is 1. The van der Waals surface area contributed by atoms with Gasteiger partial charge in [0, 0.05) is 23.9 Å². The minimum atomic E-state index is -1.63. The highest BCUT2D eigenvalue weighted by Crippen LogP contribution is 2.52. The molecular weight excluding hydrogens is 387 g/mol. The molecule has 3 N–H and O–H groups in total. The molecule has 0 unspecified atom stereocenters. The standard InChI is InChI=1S/C22H19FN4O3/c1-11-5-19(30-26-11)22(2,29)4-3-12-8-16-15(9-17(12)23)13-6-14(7-13)27-10-18(20(24)28)25-21(16)27/h5,8-10,13-14,29H,6-7H2,1-2H3,(H2,24,28)/t13?,14?,22-/m1/s1. The van der Waals surface area contributed by atoms with Gasteiger partial charge in [0.1, 0.15) is 17.3 Å². The first-order valence-corrected chi connectivity index (χ1v) is 9.65. The molecule has 4 heterocycles. The first kappa shape index (κ1) is 18.6. The SMILES string of the molecule is Cc1cc([C@](C)(O)C#Cc2cc3c(cc2F)C2CC(C2)n2cc(C(N)=O)nc2-3)on1. The molecule has 0 spiro atoms. The molecule has 1 atom stereocenters. The van der Waals surface area contributed by atoms with E-state index in [4.69, 9.17) is 10.3 Å². The van der Waals surface area contributed by atoms with Crippen molar-refractivity contribution in [2.75, 3.05) is 0 Å². The lowest BCUT2D eigenvalue weighted by molar-refractivity contribution is 0.0872. The predicted molar refractivity (Wildman–Crippen MR) is 105 cm³/mol. The Morgan fingerprint density at radius 1 is 1.40 bits per heavy atom. The fourth-order valence-electron chi connectivity index (χ4n) is 4.12. The van der Waals surface area contributed by atoms with E-state index in [1.165, 1.54) is 13.0 Å². The van der Waals surface area contributed by atoms with Crippen LogP contribution in [0.15, 0.2) is 28.9 Å². The maximum absolute atomic E-state index is 14.9. The van der Waals surface area contributed by atoms with Crippen LogP contribution in [0, 0.1) is 24.6 Å². The topological polar surface area (TPSA) is 107 Å². The molecule has 30 heavy (non-hydrogen) atoms. The Morgan fingerprint density at radius 2 is 2.17 bits per heavy atom.